The molecule has 0 N–H and O–H groups in total. The van der Waals surface area contributed by atoms with Crippen LogP contribution in [0, 0.1) is 0 Å². The zero-order valence-corrected chi connectivity index (χ0v) is 14.6. The molecule has 132 valence electrons. The lowest BCUT2D eigenvalue weighted by atomic mass is 10.1. The Hall–Kier alpha value is -2.53. The Morgan fingerprint density at radius 2 is 1.84 bits per heavy atom. The van der Waals surface area contributed by atoms with Gasteiger partial charge >= 0.3 is 0 Å². The fourth-order valence-electron chi connectivity index (χ4n) is 2.87. The summed E-state index contributed by atoms with van der Waals surface area (Å²) in [6.45, 7) is 3.05. The topological polar surface area (TPSA) is 48.0 Å². The van der Waals surface area contributed by atoms with Crippen molar-refractivity contribution in [2.45, 2.75) is 19.1 Å². The van der Waals surface area contributed by atoms with E-state index in [9.17, 15) is 4.79 Å². The minimum absolute atomic E-state index is 0.0290. The van der Waals surface area contributed by atoms with Gasteiger partial charge in [0.05, 0.1) is 26.3 Å². The van der Waals surface area contributed by atoms with Crippen molar-refractivity contribution in [1.82, 2.24) is 4.90 Å². The lowest BCUT2D eigenvalue weighted by molar-refractivity contribution is -0.146. The standard InChI is InChI=1S/C20H23NO4/c1-15-13-25-19(16-8-10-17(23-2)11-9-16)12-21(15)20(22)14-24-18-6-4-3-5-7-18/h3-11,15,19H,12-14H2,1-2H3. The Bertz CT molecular complexity index is 687. The summed E-state index contributed by atoms with van der Waals surface area (Å²) < 4.78 is 16.7. The van der Waals surface area contributed by atoms with Gasteiger partial charge in [-0.05, 0) is 36.8 Å². The number of hydrogen-bond donors (Lipinski definition) is 0. The molecule has 5 heteroatoms. The van der Waals surface area contributed by atoms with Gasteiger partial charge in [0.15, 0.2) is 6.61 Å². The minimum Gasteiger partial charge on any atom is -0.497 e. The Labute approximate surface area is 148 Å². The summed E-state index contributed by atoms with van der Waals surface area (Å²) in [5.74, 6) is 1.47. The maximum Gasteiger partial charge on any atom is 0.260 e. The second kappa shape index (κ2) is 8.03. The number of nitrogens with zero attached hydrogens (tertiary/aromatic N) is 1. The van der Waals surface area contributed by atoms with Crippen molar-refractivity contribution >= 4 is 5.91 Å². The monoisotopic (exact) mass is 341 g/mol. The highest BCUT2D eigenvalue weighted by Gasteiger charge is 2.30. The average Bonchev–Trinajstić information content (AvgIpc) is 2.67. The molecule has 0 aromatic heterocycles. The summed E-state index contributed by atoms with van der Waals surface area (Å²) in [4.78, 5) is 14.4. The van der Waals surface area contributed by atoms with E-state index in [0.29, 0.717) is 18.9 Å². The first kappa shape index (κ1) is 17.3. The van der Waals surface area contributed by atoms with Crippen LogP contribution in [-0.2, 0) is 9.53 Å². The Morgan fingerprint density at radius 1 is 1.12 bits per heavy atom. The van der Waals surface area contributed by atoms with Gasteiger partial charge in [-0.25, -0.2) is 0 Å². The number of methoxy groups -OCH3 is 1. The van der Waals surface area contributed by atoms with Crippen LogP contribution in [0.25, 0.3) is 0 Å². The molecule has 0 aliphatic carbocycles. The van der Waals surface area contributed by atoms with Gasteiger partial charge in [0.1, 0.15) is 17.6 Å². The molecular weight excluding hydrogens is 318 g/mol. The van der Waals surface area contributed by atoms with Crippen molar-refractivity contribution in [3.05, 3.63) is 60.2 Å². The highest BCUT2D eigenvalue weighted by molar-refractivity contribution is 5.78. The molecule has 2 aromatic carbocycles. The van der Waals surface area contributed by atoms with Crippen LogP contribution in [0.5, 0.6) is 11.5 Å². The number of carbonyl (C=O) groups excluding carboxylic acids is 1. The first-order chi connectivity index (χ1) is 12.2. The van der Waals surface area contributed by atoms with E-state index in [1.807, 2.05) is 66.4 Å². The van der Waals surface area contributed by atoms with Crippen LogP contribution in [-0.4, -0.2) is 43.7 Å². The van der Waals surface area contributed by atoms with Gasteiger partial charge in [-0.1, -0.05) is 30.3 Å². The lowest BCUT2D eigenvalue weighted by Crippen LogP contribution is -2.49. The third-order valence-corrected chi connectivity index (χ3v) is 4.35. The van der Waals surface area contributed by atoms with E-state index in [4.69, 9.17) is 14.2 Å². The number of ether oxygens (including phenoxy) is 3. The molecule has 0 bridgehead atoms. The van der Waals surface area contributed by atoms with Crippen molar-refractivity contribution in [2.75, 3.05) is 26.9 Å². The van der Waals surface area contributed by atoms with Crippen LogP contribution >= 0.6 is 0 Å². The second-order valence-electron chi connectivity index (χ2n) is 6.09. The van der Waals surface area contributed by atoms with Crippen molar-refractivity contribution in [2.24, 2.45) is 0 Å². The van der Waals surface area contributed by atoms with E-state index in [1.165, 1.54) is 0 Å². The first-order valence-corrected chi connectivity index (χ1v) is 8.40. The molecule has 25 heavy (non-hydrogen) atoms. The van der Waals surface area contributed by atoms with E-state index >= 15 is 0 Å². The number of benzene rings is 2. The average molecular weight is 341 g/mol. The van der Waals surface area contributed by atoms with Gasteiger partial charge in [0, 0.05) is 0 Å². The molecular formula is C20H23NO4. The lowest BCUT2D eigenvalue weighted by Gasteiger charge is -2.38. The molecule has 0 spiro atoms. The quantitative estimate of drug-likeness (QED) is 0.839. The van der Waals surface area contributed by atoms with E-state index < -0.39 is 0 Å². The van der Waals surface area contributed by atoms with Crippen molar-refractivity contribution < 1.29 is 19.0 Å². The summed E-state index contributed by atoms with van der Waals surface area (Å²) in [6, 6.07) is 17.2. The third kappa shape index (κ3) is 4.31. The van der Waals surface area contributed by atoms with E-state index in [2.05, 4.69) is 0 Å². The Balaban J connectivity index is 1.62. The van der Waals surface area contributed by atoms with Crippen LogP contribution in [0.1, 0.15) is 18.6 Å². The van der Waals surface area contributed by atoms with Gasteiger partial charge < -0.3 is 19.1 Å². The SMILES string of the molecule is COc1ccc(C2CN(C(=O)COc3ccccc3)C(C)CO2)cc1. The van der Waals surface area contributed by atoms with Crippen molar-refractivity contribution in [1.29, 1.82) is 0 Å². The molecule has 1 aliphatic heterocycles. The number of rotatable bonds is 5. The molecule has 2 unspecified atom stereocenters. The molecule has 1 saturated heterocycles. The second-order valence-corrected chi connectivity index (χ2v) is 6.09. The summed E-state index contributed by atoms with van der Waals surface area (Å²) in [5.41, 5.74) is 1.04. The van der Waals surface area contributed by atoms with Gasteiger partial charge in [0.25, 0.3) is 5.91 Å². The maximum absolute atomic E-state index is 12.6. The van der Waals surface area contributed by atoms with Crippen LogP contribution in [0.2, 0.25) is 0 Å². The molecule has 2 aromatic rings. The normalized spacial score (nSPS) is 20.2. The van der Waals surface area contributed by atoms with Crippen LogP contribution < -0.4 is 9.47 Å². The number of carbonyl (C=O) groups is 1. The number of morpholine rings is 1. The fraction of sp³-hybridized carbons (Fsp3) is 0.350. The van der Waals surface area contributed by atoms with E-state index in [-0.39, 0.29) is 24.7 Å². The van der Waals surface area contributed by atoms with Crippen molar-refractivity contribution in [3.8, 4) is 11.5 Å². The largest absolute Gasteiger partial charge is 0.497 e. The predicted molar refractivity (Wildman–Crippen MR) is 94.8 cm³/mol. The fourth-order valence-corrected chi connectivity index (χ4v) is 2.87. The van der Waals surface area contributed by atoms with Gasteiger partial charge in [0.2, 0.25) is 0 Å². The molecule has 1 fully saturated rings. The number of para-hydroxylation sites is 1. The summed E-state index contributed by atoms with van der Waals surface area (Å²) in [7, 11) is 1.64. The van der Waals surface area contributed by atoms with Crippen LogP contribution in [0.3, 0.4) is 0 Å². The minimum atomic E-state index is -0.136. The van der Waals surface area contributed by atoms with Crippen LogP contribution in [0.4, 0.5) is 0 Å². The molecule has 5 nitrogen and oxygen atoms in total. The highest BCUT2D eigenvalue weighted by atomic mass is 16.5. The maximum atomic E-state index is 12.6. The van der Waals surface area contributed by atoms with E-state index in [0.717, 1.165) is 11.3 Å². The predicted octanol–water partition coefficient (Wildman–Crippen LogP) is 3.06. The van der Waals surface area contributed by atoms with Gasteiger partial charge in [-0.15, -0.1) is 0 Å². The summed E-state index contributed by atoms with van der Waals surface area (Å²) in [6.07, 6.45) is -0.136. The Morgan fingerprint density at radius 3 is 2.52 bits per heavy atom. The Kier molecular flexibility index (Phi) is 5.56. The zero-order chi connectivity index (χ0) is 17.6. The molecule has 3 rings (SSSR count). The number of hydrogen-bond acceptors (Lipinski definition) is 4. The summed E-state index contributed by atoms with van der Waals surface area (Å²) >= 11 is 0. The molecule has 1 aliphatic rings. The first-order valence-electron chi connectivity index (χ1n) is 8.40. The van der Waals surface area contributed by atoms with E-state index in [1.54, 1.807) is 7.11 Å². The molecule has 0 saturated carbocycles. The zero-order valence-electron chi connectivity index (χ0n) is 14.6. The van der Waals surface area contributed by atoms with Gasteiger partial charge in [-0.3, -0.25) is 4.79 Å². The van der Waals surface area contributed by atoms with Gasteiger partial charge in [-0.2, -0.15) is 0 Å². The molecule has 2 atom stereocenters. The number of amides is 1. The third-order valence-electron chi connectivity index (χ3n) is 4.35. The summed E-state index contributed by atoms with van der Waals surface area (Å²) in [5, 5.41) is 0. The smallest absolute Gasteiger partial charge is 0.260 e. The molecule has 0 radical (unpaired) electrons. The molecule has 1 amide bonds. The van der Waals surface area contributed by atoms with Crippen LogP contribution in [0.15, 0.2) is 54.6 Å². The molecule has 1 heterocycles. The highest BCUT2D eigenvalue weighted by Crippen LogP contribution is 2.26. The van der Waals surface area contributed by atoms with Crippen molar-refractivity contribution in [3.63, 3.8) is 0 Å².